The summed E-state index contributed by atoms with van der Waals surface area (Å²) >= 11 is 0. The van der Waals surface area contributed by atoms with Gasteiger partial charge in [-0.15, -0.1) is 0 Å². The van der Waals surface area contributed by atoms with Crippen LogP contribution in [0.15, 0.2) is 47.6 Å². The molecule has 2 aromatic carbocycles. The molecule has 0 atom stereocenters. The number of nitro benzene ring substituents is 1. The van der Waals surface area contributed by atoms with Crippen molar-refractivity contribution in [2.75, 3.05) is 18.0 Å². The fourth-order valence-electron chi connectivity index (χ4n) is 2.85. The van der Waals surface area contributed by atoms with Crippen LogP contribution in [-0.4, -0.2) is 23.7 Å². The Morgan fingerprint density at radius 3 is 2.48 bits per heavy atom. The van der Waals surface area contributed by atoms with E-state index in [0.29, 0.717) is 11.5 Å². The molecule has 0 spiro atoms. The van der Waals surface area contributed by atoms with Gasteiger partial charge in [0.25, 0.3) is 5.69 Å². The lowest BCUT2D eigenvalue weighted by Crippen LogP contribution is -2.17. The molecule has 6 heteroatoms. The molecule has 1 fully saturated rings. The van der Waals surface area contributed by atoms with Crippen LogP contribution in [0.25, 0.3) is 0 Å². The van der Waals surface area contributed by atoms with Crippen LogP contribution in [0.4, 0.5) is 11.4 Å². The first-order valence-corrected chi connectivity index (χ1v) is 8.36. The smallest absolute Gasteiger partial charge is 0.275 e. The number of hydrogen-bond donors (Lipinski definition) is 0. The second-order valence-electron chi connectivity index (χ2n) is 6.27. The van der Waals surface area contributed by atoms with Crippen molar-refractivity contribution in [3.63, 3.8) is 0 Å². The Bertz CT molecular complexity index is 794. The van der Waals surface area contributed by atoms with Gasteiger partial charge in [0.05, 0.1) is 16.7 Å². The van der Waals surface area contributed by atoms with Crippen molar-refractivity contribution in [2.45, 2.75) is 26.7 Å². The summed E-state index contributed by atoms with van der Waals surface area (Å²) < 4.78 is 0. The molecule has 0 amide bonds. The lowest BCUT2D eigenvalue weighted by Gasteiger charge is -2.17. The average molecular weight is 339 g/mol. The van der Waals surface area contributed by atoms with Gasteiger partial charge >= 0.3 is 0 Å². The summed E-state index contributed by atoms with van der Waals surface area (Å²) in [5, 5.41) is 15.3. The molecule has 0 aliphatic carbocycles. The zero-order valence-electron chi connectivity index (χ0n) is 14.4. The van der Waals surface area contributed by atoms with Crippen LogP contribution in [0.3, 0.4) is 0 Å². The zero-order valence-corrected chi connectivity index (χ0v) is 14.4. The fourth-order valence-corrected chi connectivity index (χ4v) is 2.85. The van der Waals surface area contributed by atoms with Crippen LogP contribution in [0.2, 0.25) is 0 Å². The van der Waals surface area contributed by atoms with Gasteiger partial charge in [0.1, 0.15) is 0 Å². The van der Waals surface area contributed by atoms with Crippen molar-refractivity contribution in [2.24, 2.45) is 5.16 Å². The maximum absolute atomic E-state index is 11.2. The van der Waals surface area contributed by atoms with Crippen LogP contribution in [0, 0.1) is 17.0 Å². The molecule has 1 heterocycles. The maximum atomic E-state index is 11.2. The summed E-state index contributed by atoms with van der Waals surface area (Å²) in [6.45, 7) is 5.69. The number of non-ortho nitro benzene ring substituents is 1. The lowest BCUT2D eigenvalue weighted by molar-refractivity contribution is -0.384. The van der Waals surface area contributed by atoms with Gasteiger partial charge in [-0.1, -0.05) is 35.0 Å². The Morgan fingerprint density at radius 1 is 1.16 bits per heavy atom. The van der Waals surface area contributed by atoms with Gasteiger partial charge in [-0.2, -0.15) is 0 Å². The van der Waals surface area contributed by atoms with E-state index in [-0.39, 0.29) is 5.69 Å². The van der Waals surface area contributed by atoms with Crippen LogP contribution in [-0.2, 0) is 0 Å². The predicted octanol–water partition coefficient (Wildman–Crippen LogP) is 4.31. The summed E-state index contributed by atoms with van der Waals surface area (Å²) in [5.41, 5.74) is 3.67. The molecule has 0 aromatic heterocycles. The van der Waals surface area contributed by atoms with Crippen molar-refractivity contribution in [3.05, 3.63) is 63.7 Å². The number of hydrogen-bond acceptors (Lipinski definition) is 5. The van der Waals surface area contributed by atoms with E-state index < -0.39 is 4.92 Å². The van der Waals surface area contributed by atoms with Crippen molar-refractivity contribution in [1.29, 1.82) is 0 Å². The van der Waals surface area contributed by atoms with Crippen LogP contribution in [0.1, 0.15) is 30.9 Å². The molecule has 1 saturated heterocycles. The predicted molar refractivity (Wildman–Crippen MR) is 98.6 cm³/mol. The van der Waals surface area contributed by atoms with Gasteiger partial charge in [0, 0.05) is 30.9 Å². The third-order valence-corrected chi connectivity index (χ3v) is 4.32. The summed E-state index contributed by atoms with van der Waals surface area (Å²) in [6, 6.07) is 12.8. The van der Waals surface area contributed by atoms with Gasteiger partial charge in [0.2, 0.25) is 0 Å². The topological polar surface area (TPSA) is 68.0 Å². The maximum Gasteiger partial charge on any atom is 0.275 e. The summed E-state index contributed by atoms with van der Waals surface area (Å²) in [4.78, 5) is 18.4. The second kappa shape index (κ2) is 7.34. The SMILES string of the molecule is CC(=NOc1cc(N2CCCC2)cc([N+](=O)[O-])c1)c1ccc(C)cc1. The molecule has 0 radical (unpaired) electrons. The first kappa shape index (κ1) is 17.0. The van der Waals surface area contributed by atoms with Crippen LogP contribution >= 0.6 is 0 Å². The van der Waals surface area contributed by atoms with Gasteiger partial charge in [-0.25, -0.2) is 0 Å². The number of nitrogens with zero attached hydrogens (tertiary/aromatic N) is 3. The zero-order chi connectivity index (χ0) is 17.8. The molecule has 0 unspecified atom stereocenters. The number of anilines is 1. The van der Waals surface area contributed by atoms with E-state index >= 15 is 0 Å². The molecular weight excluding hydrogens is 318 g/mol. The van der Waals surface area contributed by atoms with E-state index in [2.05, 4.69) is 10.1 Å². The molecule has 25 heavy (non-hydrogen) atoms. The molecule has 6 nitrogen and oxygen atoms in total. The summed E-state index contributed by atoms with van der Waals surface area (Å²) in [5.74, 6) is 0.377. The minimum absolute atomic E-state index is 0.0163. The first-order valence-electron chi connectivity index (χ1n) is 8.36. The van der Waals surface area contributed by atoms with E-state index in [0.717, 1.165) is 37.2 Å². The van der Waals surface area contributed by atoms with Gasteiger partial charge in [-0.3, -0.25) is 10.1 Å². The van der Waals surface area contributed by atoms with Gasteiger partial charge in [-0.05, 0) is 32.3 Å². The normalized spacial score (nSPS) is 14.6. The van der Waals surface area contributed by atoms with Crippen LogP contribution in [0.5, 0.6) is 5.75 Å². The first-order chi connectivity index (χ1) is 12.0. The van der Waals surface area contributed by atoms with Crippen molar-refractivity contribution >= 4 is 17.1 Å². The molecular formula is C19H21N3O3. The van der Waals surface area contributed by atoms with E-state index in [9.17, 15) is 10.1 Å². The Hall–Kier alpha value is -2.89. The molecule has 0 saturated carbocycles. The summed E-state index contributed by atoms with van der Waals surface area (Å²) in [6.07, 6.45) is 2.20. The lowest BCUT2D eigenvalue weighted by atomic mass is 10.1. The fraction of sp³-hybridized carbons (Fsp3) is 0.316. The molecule has 1 aliphatic heterocycles. The number of nitro groups is 1. The Morgan fingerprint density at radius 2 is 1.84 bits per heavy atom. The number of aryl methyl sites for hydroxylation is 1. The average Bonchev–Trinajstić information content (AvgIpc) is 3.14. The van der Waals surface area contributed by atoms with E-state index in [1.165, 1.54) is 11.6 Å². The standard InChI is InChI=1S/C19H21N3O3/c1-14-5-7-16(8-6-14)15(2)20-25-19-12-17(21-9-3-4-10-21)11-18(13-19)22(23)24/h5-8,11-13H,3-4,9-10H2,1-2H3. The van der Waals surface area contributed by atoms with Crippen molar-refractivity contribution < 1.29 is 9.76 Å². The highest BCUT2D eigenvalue weighted by atomic mass is 16.6. The minimum Gasteiger partial charge on any atom is -0.371 e. The van der Waals surface area contributed by atoms with Gasteiger partial charge < -0.3 is 9.74 Å². The minimum atomic E-state index is -0.400. The largest absolute Gasteiger partial charge is 0.371 e. The van der Waals surface area contributed by atoms with E-state index in [1.54, 1.807) is 6.07 Å². The highest BCUT2D eigenvalue weighted by Crippen LogP contribution is 2.30. The Kier molecular flexibility index (Phi) is 4.97. The van der Waals surface area contributed by atoms with Crippen molar-refractivity contribution in [1.82, 2.24) is 0 Å². The highest BCUT2D eigenvalue weighted by Gasteiger charge is 2.18. The highest BCUT2D eigenvalue weighted by molar-refractivity contribution is 5.98. The monoisotopic (exact) mass is 339 g/mol. The van der Waals surface area contributed by atoms with E-state index in [1.807, 2.05) is 44.2 Å². The number of benzene rings is 2. The molecule has 0 N–H and O–H groups in total. The Balaban J connectivity index is 1.84. The molecule has 130 valence electrons. The van der Waals surface area contributed by atoms with Crippen molar-refractivity contribution in [3.8, 4) is 5.75 Å². The second-order valence-corrected chi connectivity index (χ2v) is 6.27. The number of rotatable bonds is 5. The molecule has 1 aliphatic rings. The Labute approximate surface area is 146 Å². The number of oxime groups is 1. The van der Waals surface area contributed by atoms with Gasteiger partial charge in [0.15, 0.2) is 5.75 Å². The molecule has 2 aromatic rings. The quantitative estimate of drug-likeness (QED) is 0.462. The summed E-state index contributed by atoms with van der Waals surface area (Å²) in [7, 11) is 0. The van der Waals surface area contributed by atoms with Crippen LogP contribution < -0.4 is 9.74 Å². The van der Waals surface area contributed by atoms with E-state index in [4.69, 9.17) is 4.84 Å². The molecule has 3 rings (SSSR count). The molecule has 0 bridgehead atoms. The third kappa shape index (κ3) is 4.15. The third-order valence-electron chi connectivity index (χ3n) is 4.32.